The number of carbonyl (C=O) groups is 1. The van der Waals surface area contributed by atoms with Crippen molar-refractivity contribution >= 4 is 24.0 Å². The number of nitro benzene ring substituents is 1. The van der Waals surface area contributed by atoms with Gasteiger partial charge in [0.05, 0.1) is 11.0 Å². The van der Waals surface area contributed by atoms with E-state index >= 15 is 0 Å². The Labute approximate surface area is 148 Å². The first-order chi connectivity index (χ1) is 11.1. The number of nitro groups is 1. The van der Waals surface area contributed by atoms with Crippen molar-refractivity contribution in [3.8, 4) is 0 Å². The Morgan fingerprint density at radius 3 is 2.79 bits per heavy atom. The Kier molecular flexibility index (Phi) is 5.83. The molecular weight excluding hydrogens is 330 g/mol. The lowest BCUT2D eigenvalue weighted by Crippen LogP contribution is -2.35. The van der Waals surface area contributed by atoms with Gasteiger partial charge in [0.25, 0.3) is 5.69 Å². The van der Waals surface area contributed by atoms with Crippen LogP contribution in [0.2, 0.25) is 0 Å². The summed E-state index contributed by atoms with van der Waals surface area (Å²) in [5.41, 5.74) is 1.07. The molecule has 0 radical (unpaired) electrons. The Morgan fingerprint density at radius 2 is 2.17 bits per heavy atom. The minimum atomic E-state index is -0.400. The molecule has 2 N–H and O–H groups in total. The highest BCUT2D eigenvalue weighted by Gasteiger charge is 2.57. The third kappa shape index (κ3) is 3.70. The predicted molar refractivity (Wildman–Crippen MR) is 94.2 cm³/mol. The average Bonchev–Trinajstić information content (AvgIpc) is 3.26. The molecule has 2 aliphatic rings. The largest absolute Gasteiger partial charge is 0.349 e. The summed E-state index contributed by atoms with van der Waals surface area (Å²) in [5.74, 6) is 0.211. The lowest BCUT2D eigenvalue weighted by Gasteiger charge is -2.24. The van der Waals surface area contributed by atoms with Crippen molar-refractivity contribution in [2.75, 3.05) is 13.1 Å². The summed E-state index contributed by atoms with van der Waals surface area (Å²) in [6, 6.07) is 6.38. The quantitative estimate of drug-likeness (QED) is 0.629. The van der Waals surface area contributed by atoms with Gasteiger partial charge in [-0.1, -0.05) is 19.1 Å². The number of piperidine rings is 1. The molecule has 3 rings (SSSR count). The molecule has 132 valence electrons. The van der Waals surface area contributed by atoms with Crippen molar-refractivity contribution in [3.05, 3.63) is 39.9 Å². The van der Waals surface area contributed by atoms with Crippen LogP contribution in [0.25, 0.3) is 0 Å². The van der Waals surface area contributed by atoms with Crippen LogP contribution in [-0.4, -0.2) is 23.9 Å². The highest BCUT2D eigenvalue weighted by atomic mass is 35.5. The summed E-state index contributed by atoms with van der Waals surface area (Å²) in [5, 5.41) is 17.4. The number of rotatable bonds is 5. The van der Waals surface area contributed by atoms with Crippen LogP contribution < -0.4 is 10.6 Å². The van der Waals surface area contributed by atoms with Gasteiger partial charge >= 0.3 is 0 Å². The molecule has 0 aromatic heterocycles. The van der Waals surface area contributed by atoms with E-state index in [0.717, 1.165) is 37.9 Å². The van der Waals surface area contributed by atoms with Crippen molar-refractivity contribution in [2.45, 2.75) is 38.6 Å². The number of amides is 1. The van der Waals surface area contributed by atoms with Crippen molar-refractivity contribution in [1.29, 1.82) is 0 Å². The average molecular weight is 354 g/mol. The van der Waals surface area contributed by atoms with Crippen LogP contribution in [0, 0.1) is 21.4 Å². The number of carbonyl (C=O) groups excluding carboxylic acids is 1. The summed E-state index contributed by atoms with van der Waals surface area (Å²) < 4.78 is 0. The minimum absolute atomic E-state index is 0. The van der Waals surface area contributed by atoms with E-state index in [9.17, 15) is 14.9 Å². The molecule has 24 heavy (non-hydrogen) atoms. The molecule has 2 fully saturated rings. The first-order valence-electron chi connectivity index (χ1n) is 8.31. The van der Waals surface area contributed by atoms with Crippen LogP contribution in [0.4, 0.5) is 5.69 Å². The second kappa shape index (κ2) is 7.49. The molecule has 1 amide bonds. The highest BCUT2D eigenvalue weighted by molar-refractivity contribution is 5.85. The van der Waals surface area contributed by atoms with Gasteiger partial charge < -0.3 is 10.6 Å². The molecule has 1 aromatic carbocycles. The maximum Gasteiger partial charge on any atom is 0.269 e. The molecule has 1 aliphatic heterocycles. The molecule has 2 atom stereocenters. The van der Waals surface area contributed by atoms with Crippen molar-refractivity contribution in [3.63, 3.8) is 0 Å². The van der Waals surface area contributed by atoms with E-state index in [-0.39, 0.29) is 41.4 Å². The van der Waals surface area contributed by atoms with Gasteiger partial charge in [-0.25, -0.2) is 0 Å². The van der Waals surface area contributed by atoms with Crippen LogP contribution in [-0.2, 0) is 4.79 Å². The van der Waals surface area contributed by atoms with Gasteiger partial charge in [-0.15, -0.1) is 12.4 Å². The Balaban J connectivity index is 0.00000208. The third-order valence-electron chi connectivity index (χ3n) is 5.31. The zero-order valence-corrected chi connectivity index (χ0v) is 14.6. The van der Waals surface area contributed by atoms with E-state index in [4.69, 9.17) is 0 Å². The normalized spacial score (nSPS) is 22.3. The Hall–Kier alpha value is -1.66. The molecule has 2 unspecified atom stereocenters. The monoisotopic (exact) mass is 353 g/mol. The minimum Gasteiger partial charge on any atom is -0.349 e. The zero-order chi connectivity index (χ0) is 16.4. The molecule has 0 bridgehead atoms. The Morgan fingerprint density at radius 1 is 1.46 bits per heavy atom. The van der Waals surface area contributed by atoms with E-state index in [1.807, 2.05) is 13.0 Å². The second-order valence-corrected chi connectivity index (χ2v) is 6.69. The number of nitrogens with zero attached hydrogens (tertiary/aromatic N) is 1. The highest BCUT2D eigenvalue weighted by Crippen LogP contribution is 2.58. The summed E-state index contributed by atoms with van der Waals surface area (Å²) in [7, 11) is 0. The van der Waals surface area contributed by atoms with E-state index < -0.39 is 4.92 Å². The van der Waals surface area contributed by atoms with E-state index in [0.29, 0.717) is 6.42 Å². The SMILES string of the molecule is CCC(NC(=O)C1CC12CCNCC2)c1cccc([N+](=O)[O-])c1.Cl. The van der Waals surface area contributed by atoms with Crippen LogP contribution >= 0.6 is 12.4 Å². The smallest absolute Gasteiger partial charge is 0.269 e. The summed E-state index contributed by atoms with van der Waals surface area (Å²) in [4.78, 5) is 23.1. The maximum absolute atomic E-state index is 12.6. The molecule has 1 saturated heterocycles. The number of nitrogens with one attached hydrogen (secondary N) is 2. The molecule has 6 nitrogen and oxygen atoms in total. The molecule has 1 aliphatic carbocycles. The van der Waals surface area contributed by atoms with Gasteiger partial charge in [0, 0.05) is 18.1 Å². The predicted octanol–water partition coefficient (Wildman–Crippen LogP) is 2.97. The summed E-state index contributed by atoms with van der Waals surface area (Å²) in [6.45, 7) is 3.97. The third-order valence-corrected chi connectivity index (χ3v) is 5.31. The summed E-state index contributed by atoms with van der Waals surface area (Å²) >= 11 is 0. The van der Waals surface area contributed by atoms with E-state index in [1.54, 1.807) is 12.1 Å². The fourth-order valence-corrected chi connectivity index (χ4v) is 3.74. The number of hydrogen-bond acceptors (Lipinski definition) is 4. The second-order valence-electron chi connectivity index (χ2n) is 6.69. The van der Waals surface area contributed by atoms with Crippen LogP contribution in [0.1, 0.15) is 44.2 Å². The number of halogens is 1. The number of non-ortho nitro benzene ring substituents is 1. The van der Waals surface area contributed by atoms with Crippen LogP contribution in [0.15, 0.2) is 24.3 Å². The van der Waals surface area contributed by atoms with Crippen molar-refractivity contribution in [1.82, 2.24) is 10.6 Å². The van der Waals surface area contributed by atoms with Gasteiger partial charge in [-0.05, 0) is 49.8 Å². The molecule has 1 spiro atoms. The maximum atomic E-state index is 12.6. The van der Waals surface area contributed by atoms with Gasteiger partial charge in [-0.2, -0.15) is 0 Å². The van der Waals surface area contributed by atoms with E-state index in [2.05, 4.69) is 10.6 Å². The lowest BCUT2D eigenvalue weighted by atomic mass is 9.91. The van der Waals surface area contributed by atoms with E-state index in [1.165, 1.54) is 6.07 Å². The van der Waals surface area contributed by atoms with Gasteiger partial charge in [-0.3, -0.25) is 14.9 Å². The lowest BCUT2D eigenvalue weighted by molar-refractivity contribution is -0.384. The van der Waals surface area contributed by atoms with Crippen LogP contribution in [0.3, 0.4) is 0 Å². The van der Waals surface area contributed by atoms with Crippen LogP contribution in [0.5, 0.6) is 0 Å². The fraction of sp³-hybridized carbons (Fsp3) is 0.588. The molecule has 1 saturated carbocycles. The zero-order valence-electron chi connectivity index (χ0n) is 13.8. The number of hydrogen-bond donors (Lipinski definition) is 2. The first-order valence-corrected chi connectivity index (χ1v) is 8.31. The number of benzene rings is 1. The molecule has 1 aromatic rings. The standard InChI is InChI=1S/C17H23N3O3.ClH/c1-2-15(12-4-3-5-13(10-12)20(22)23)19-16(21)14-11-17(14)6-8-18-9-7-17;/h3-5,10,14-15,18H,2,6-9,11H2,1H3,(H,19,21);1H. The molecular formula is C17H24ClN3O3. The summed E-state index contributed by atoms with van der Waals surface area (Å²) in [6.07, 6.45) is 3.83. The Bertz CT molecular complexity index is 617. The molecule has 7 heteroatoms. The van der Waals surface area contributed by atoms with Crippen molar-refractivity contribution in [2.24, 2.45) is 11.3 Å². The van der Waals surface area contributed by atoms with Gasteiger partial charge in [0.1, 0.15) is 0 Å². The fourth-order valence-electron chi connectivity index (χ4n) is 3.74. The van der Waals surface area contributed by atoms with Gasteiger partial charge in [0.2, 0.25) is 5.91 Å². The topological polar surface area (TPSA) is 84.3 Å². The van der Waals surface area contributed by atoms with Crippen molar-refractivity contribution < 1.29 is 9.72 Å². The first kappa shape index (κ1) is 18.7. The van der Waals surface area contributed by atoms with Gasteiger partial charge in [0.15, 0.2) is 0 Å². The molecule has 1 heterocycles.